The van der Waals surface area contributed by atoms with Gasteiger partial charge in [0.1, 0.15) is 0 Å². The standard InChI is InChI=1S/C9H13N3O/c1-10-9(13)7-5-11-12(6-7)8-3-2-4-8/h5-6,8H,2-4H2,1H3,(H,10,13). The Balaban J connectivity index is 2.12. The molecule has 70 valence electrons. The molecule has 1 fully saturated rings. The first-order valence-electron chi connectivity index (χ1n) is 4.57. The Morgan fingerprint density at radius 1 is 1.69 bits per heavy atom. The largest absolute Gasteiger partial charge is 0.355 e. The van der Waals surface area contributed by atoms with E-state index in [9.17, 15) is 4.79 Å². The van der Waals surface area contributed by atoms with Gasteiger partial charge in [-0.25, -0.2) is 0 Å². The van der Waals surface area contributed by atoms with Crippen LogP contribution in [-0.2, 0) is 0 Å². The summed E-state index contributed by atoms with van der Waals surface area (Å²) in [5.74, 6) is -0.0643. The zero-order chi connectivity index (χ0) is 9.26. The molecule has 4 nitrogen and oxygen atoms in total. The minimum absolute atomic E-state index is 0.0643. The predicted molar refractivity (Wildman–Crippen MR) is 48.5 cm³/mol. The van der Waals surface area contributed by atoms with Crippen molar-refractivity contribution in [2.24, 2.45) is 0 Å². The van der Waals surface area contributed by atoms with Crippen molar-refractivity contribution in [3.05, 3.63) is 18.0 Å². The minimum Gasteiger partial charge on any atom is -0.355 e. The second-order valence-corrected chi connectivity index (χ2v) is 3.37. The van der Waals surface area contributed by atoms with E-state index in [0.717, 1.165) is 0 Å². The van der Waals surface area contributed by atoms with Crippen LogP contribution in [0.15, 0.2) is 12.4 Å². The molecule has 0 aromatic carbocycles. The van der Waals surface area contributed by atoms with Crippen molar-refractivity contribution < 1.29 is 4.79 Å². The Hall–Kier alpha value is -1.32. The quantitative estimate of drug-likeness (QED) is 0.735. The number of aromatic nitrogens is 2. The van der Waals surface area contributed by atoms with E-state index in [2.05, 4.69) is 10.4 Å². The van der Waals surface area contributed by atoms with E-state index in [1.165, 1.54) is 19.3 Å². The lowest BCUT2D eigenvalue weighted by molar-refractivity contribution is 0.0963. The van der Waals surface area contributed by atoms with Gasteiger partial charge in [0, 0.05) is 13.2 Å². The van der Waals surface area contributed by atoms with E-state index in [4.69, 9.17) is 0 Å². The monoisotopic (exact) mass is 179 g/mol. The first-order valence-corrected chi connectivity index (χ1v) is 4.57. The molecule has 0 unspecified atom stereocenters. The van der Waals surface area contributed by atoms with Gasteiger partial charge in [0.15, 0.2) is 0 Å². The fraction of sp³-hybridized carbons (Fsp3) is 0.556. The summed E-state index contributed by atoms with van der Waals surface area (Å²) in [4.78, 5) is 11.2. The third-order valence-electron chi connectivity index (χ3n) is 2.54. The molecule has 4 heteroatoms. The maximum Gasteiger partial charge on any atom is 0.254 e. The average Bonchev–Trinajstić information content (AvgIpc) is 2.49. The van der Waals surface area contributed by atoms with Gasteiger partial charge in [-0.2, -0.15) is 5.10 Å². The van der Waals surface area contributed by atoms with Gasteiger partial charge < -0.3 is 5.32 Å². The van der Waals surface area contributed by atoms with Gasteiger partial charge in [0.25, 0.3) is 5.91 Å². The van der Waals surface area contributed by atoms with Crippen LogP contribution in [0, 0.1) is 0 Å². The molecule has 0 bridgehead atoms. The normalized spacial score (nSPS) is 16.7. The minimum atomic E-state index is -0.0643. The summed E-state index contributed by atoms with van der Waals surface area (Å²) in [5.41, 5.74) is 0.648. The van der Waals surface area contributed by atoms with Crippen LogP contribution in [0.4, 0.5) is 0 Å². The first-order chi connectivity index (χ1) is 6.31. The molecule has 1 amide bonds. The number of rotatable bonds is 2. The fourth-order valence-electron chi connectivity index (χ4n) is 1.45. The van der Waals surface area contributed by atoms with Gasteiger partial charge in [-0.3, -0.25) is 9.48 Å². The van der Waals surface area contributed by atoms with Gasteiger partial charge in [-0.15, -0.1) is 0 Å². The molecular weight excluding hydrogens is 166 g/mol. The van der Waals surface area contributed by atoms with Crippen LogP contribution in [0.25, 0.3) is 0 Å². The zero-order valence-electron chi connectivity index (χ0n) is 7.66. The summed E-state index contributed by atoms with van der Waals surface area (Å²) in [5, 5.41) is 6.74. The Morgan fingerprint density at radius 3 is 3.00 bits per heavy atom. The maximum absolute atomic E-state index is 11.2. The lowest BCUT2D eigenvalue weighted by atomic mass is 9.93. The lowest BCUT2D eigenvalue weighted by Crippen LogP contribution is -2.18. The van der Waals surface area contributed by atoms with Crippen LogP contribution in [0.5, 0.6) is 0 Å². The summed E-state index contributed by atoms with van der Waals surface area (Å²) in [6.45, 7) is 0. The van der Waals surface area contributed by atoms with Crippen LogP contribution in [0.2, 0.25) is 0 Å². The van der Waals surface area contributed by atoms with Gasteiger partial charge in [-0.05, 0) is 19.3 Å². The van der Waals surface area contributed by atoms with Crippen LogP contribution in [0.3, 0.4) is 0 Å². The van der Waals surface area contributed by atoms with Crippen molar-refractivity contribution in [3.8, 4) is 0 Å². The Morgan fingerprint density at radius 2 is 2.46 bits per heavy atom. The van der Waals surface area contributed by atoms with E-state index in [1.54, 1.807) is 13.2 Å². The Kier molecular flexibility index (Phi) is 2.04. The van der Waals surface area contributed by atoms with E-state index >= 15 is 0 Å². The van der Waals surface area contributed by atoms with Crippen LogP contribution >= 0.6 is 0 Å². The summed E-state index contributed by atoms with van der Waals surface area (Å²) in [6, 6.07) is 0.526. The second-order valence-electron chi connectivity index (χ2n) is 3.37. The molecule has 0 spiro atoms. The molecule has 13 heavy (non-hydrogen) atoms. The Bertz CT molecular complexity index is 314. The highest BCUT2D eigenvalue weighted by atomic mass is 16.1. The molecule has 1 aromatic heterocycles. The predicted octanol–water partition coefficient (Wildman–Crippen LogP) is 0.968. The number of nitrogens with zero attached hydrogens (tertiary/aromatic N) is 2. The topological polar surface area (TPSA) is 46.9 Å². The molecular formula is C9H13N3O. The van der Waals surface area contributed by atoms with Crippen molar-refractivity contribution in [1.82, 2.24) is 15.1 Å². The van der Waals surface area contributed by atoms with Gasteiger partial charge in [0.2, 0.25) is 0 Å². The van der Waals surface area contributed by atoms with Crippen LogP contribution in [0.1, 0.15) is 35.7 Å². The highest BCUT2D eigenvalue weighted by Crippen LogP contribution is 2.30. The molecule has 0 radical (unpaired) electrons. The summed E-state index contributed by atoms with van der Waals surface area (Å²) < 4.78 is 1.90. The number of hydrogen-bond acceptors (Lipinski definition) is 2. The number of hydrogen-bond donors (Lipinski definition) is 1. The van der Waals surface area contributed by atoms with Gasteiger partial charge in [0.05, 0.1) is 17.8 Å². The number of amides is 1. The van der Waals surface area contributed by atoms with Gasteiger partial charge in [-0.1, -0.05) is 0 Å². The van der Waals surface area contributed by atoms with E-state index in [1.807, 2.05) is 10.9 Å². The first kappa shape index (κ1) is 8.29. The third-order valence-corrected chi connectivity index (χ3v) is 2.54. The average molecular weight is 179 g/mol. The zero-order valence-corrected chi connectivity index (χ0v) is 7.66. The smallest absolute Gasteiger partial charge is 0.254 e. The van der Waals surface area contributed by atoms with Crippen molar-refractivity contribution in [3.63, 3.8) is 0 Å². The molecule has 1 N–H and O–H groups in total. The second kappa shape index (κ2) is 3.20. The molecule has 2 rings (SSSR count). The highest BCUT2D eigenvalue weighted by Gasteiger charge is 2.20. The lowest BCUT2D eigenvalue weighted by Gasteiger charge is -2.25. The van der Waals surface area contributed by atoms with Crippen LogP contribution < -0.4 is 5.32 Å². The maximum atomic E-state index is 11.2. The van der Waals surface area contributed by atoms with Gasteiger partial charge >= 0.3 is 0 Å². The van der Waals surface area contributed by atoms with Crippen molar-refractivity contribution in [2.75, 3.05) is 7.05 Å². The van der Waals surface area contributed by atoms with Crippen molar-refractivity contribution >= 4 is 5.91 Å². The van der Waals surface area contributed by atoms with E-state index < -0.39 is 0 Å². The molecule has 0 saturated heterocycles. The number of carbonyl (C=O) groups is 1. The molecule has 0 aliphatic heterocycles. The molecule has 1 aliphatic carbocycles. The Labute approximate surface area is 76.9 Å². The van der Waals surface area contributed by atoms with Crippen molar-refractivity contribution in [2.45, 2.75) is 25.3 Å². The number of nitrogens with one attached hydrogen (secondary N) is 1. The van der Waals surface area contributed by atoms with Crippen molar-refractivity contribution in [1.29, 1.82) is 0 Å². The molecule has 0 atom stereocenters. The summed E-state index contributed by atoms with van der Waals surface area (Å²) in [7, 11) is 1.63. The SMILES string of the molecule is CNC(=O)c1cnn(C2CCC2)c1. The fourth-order valence-corrected chi connectivity index (χ4v) is 1.45. The number of carbonyl (C=O) groups excluding carboxylic acids is 1. The van der Waals surface area contributed by atoms with E-state index in [-0.39, 0.29) is 5.91 Å². The molecule has 1 saturated carbocycles. The third kappa shape index (κ3) is 1.43. The summed E-state index contributed by atoms with van der Waals surface area (Å²) >= 11 is 0. The molecule has 1 heterocycles. The van der Waals surface area contributed by atoms with Crippen LogP contribution in [-0.4, -0.2) is 22.7 Å². The highest BCUT2D eigenvalue weighted by molar-refractivity contribution is 5.93. The molecule has 1 aromatic rings. The summed E-state index contributed by atoms with van der Waals surface area (Å²) in [6.07, 6.45) is 7.10. The van der Waals surface area contributed by atoms with E-state index in [0.29, 0.717) is 11.6 Å². The molecule has 1 aliphatic rings.